The number of rotatable bonds is 5. The summed E-state index contributed by atoms with van der Waals surface area (Å²) in [4.78, 5) is 17.8. The van der Waals surface area contributed by atoms with Gasteiger partial charge in [-0.05, 0) is 33.2 Å². The molecule has 1 rings (SSSR count). The van der Waals surface area contributed by atoms with Crippen molar-refractivity contribution in [2.45, 2.75) is 13.3 Å². The lowest BCUT2D eigenvalue weighted by molar-refractivity contribution is 0.0519. The van der Waals surface area contributed by atoms with Gasteiger partial charge in [0.05, 0.1) is 6.61 Å². The van der Waals surface area contributed by atoms with Crippen molar-refractivity contribution in [3.63, 3.8) is 0 Å². The molecule has 1 aromatic rings. The molecule has 4 nitrogen and oxygen atoms in total. The van der Waals surface area contributed by atoms with Crippen molar-refractivity contribution in [3.05, 3.63) is 29.6 Å². The summed E-state index contributed by atoms with van der Waals surface area (Å²) in [5.74, 6) is -0.353. The predicted octanol–water partition coefficient (Wildman–Crippen LogP) is 1.36. The Bertz CT molecular complexity index is 351. The minimum atomic E-state index is -0.353. The fourth-order valence-corrected chi connectivity index (χ4v) is 1.28. The fourth-order valence-electron chi connectivity index (χ4n) is 1.28. The topological polar surface area (TPSA) is 42.4 Å². The maximum absolute atomic E-state index is 11.4. The van der Waals surface area contributed by atoms with Gasteiger partial charge < -0.3 is 9.64 Å². The number of pyridine rings is 1. The zero-order chi connectivity index (χ0) is 12.0. The third-order valence-electron chi connectivity index (χ3n) is 2.11. The van der Waals surface area contributed by atoms with Crippen molar-refractivity contribution in [1.82, 2.24) is 9.88 Å². The molecule has 0 aliphatic rings. The fraction of sp³-hybridized carbons (Fsp3) is 0.500. The summed E-state index contributed by atoms with van der Waals surface area (Å²) < 4.78 is 4.90. The SMILES string of the molecule is CCOC(=O)c1cccc(CCN(C)C)n1. The van der Waals surface area contributed by atoms with Crippen LogP contribution in [0.5, 0.6) is 0 Å². The molecular weight excluding hydrogens is 204 g/mol. The number of carbonyl (C=O) groups excluding carboxylic acids is 1. The van der Waals surface area contributed by atoms with Gasteiger partial charge in [0.25, 0.3) is 0 Å². The van der Waals surface area contributed by atoms with Gasteiger partial charge in [0, 0.05) is 18.7 Å². The molecule has 0 aliphatic carbocycles. The number of hydrogen-bond acceptors (Lipinski definition) is 4. The second kappa shape index (κ2) is 6.23. The first kappa shape index (κ1) is 12.6. The Morgan fingerprint density at radius 1 is 1.44 bits per heavy atom. The molecule has 0 bridgehead atoms. The highest BCUT2D eigenvalue weighted by Gasteiger charge is 2.08. The van der Waals surface area contributed by atoms with E-state index in [1.807, 2.05) is 26.2 Å². The van der Waals surface area contributed by atoms with E-state index >= 15 is 0 Å². The van der Waals surface area contributed by atoms with Crippen LogP contribution in [0.4, 0.5) is 0 Å². The second-order valence-corrected chi connectivity index (χ2v) is 3.79. The number of esters is 1. The van der Waals surface area contributed by atoms with Gasteiger partial charge in [-0.1, -0.05) is 6.07 Å². The third-order valence-corrected chi connectivity index (χ3v) is 2.11. The number of nitrogens with zero attached hydrogens (tertiary/aromatic N) is 2. The van der Waals surface area contributed by atoms with Crippen LogP contribution in [0.1, 0.15) is 23.1 Å². The molecule has 0 spiro atoms. The lowest BCUT2D eigenvalue weighted by Crippen LogP contribution is -2.16. The number of hydrogen-bond donors (Lipinski definition) is 0. The van der Waals surface area contributed by atoms with E-state index in [0.717, 1.165) is 18.7 Å². The van der Waals surface area contributed by atoms with Crippen molar-refractivity contribution in [2.75, 3.05) is 27.2 Å². The highest BCUT2D eigenvalue weighted by Crippen LogP contribution is 2.02. The molecule has 1 aromatic heterocycles. The molecular formula is C12H18N2O2. The highest BCUT2D eigenvalue weighted by atomic mass is 16.5. The molecule has 0 N–H and O–H groups in total. The monoisotopic (exact) mass is 222 g/mol. The van der Waals surface area contributed by atoms with Crippen LogP contribution in [-0.4, -0.2) is 43.1 Å². The van der Waals surface area contributed by atoms with E-state index in [0.29, 0.717) is 12.3 Å². The van der Waals surface area contributed by atoms with Crippen molar-refractivity contribution in [2.24, 2.45) is 0 Å². The van der Waals surface area contributed by atoms with Crippen LogP contribution in [-0.2, 0) is 11.2 Å². The van der Waals surface area contributed by atoms with Gasteiger partial charge in [-0.3, -0.25) is 0 Å². The first-order chi connectivity index (χ1) is 7.63. The smallest absolute Gasteiger partial charge is 0.356 e. The lowest BCUT2D eigenvalue weighted by atomic mass is 10.2. The minimum absolute atomic E-state index is 0.353. The molecule has 0 aliphatic heterocycles. The standard InChI is InChI=1S/C12H18N2O2/c1-4-16-12(15)11-7-5-6-10(13-11)8-9-14(2)3/h5-7H,4,8-9H2,1-3H3. The largest absolute Gasteiger partial charge is 0.461 e. The van der Waals surface area contributed by atoms with Crippen LogP contribution in [0.2, 0.25) is 0 Å². The van der Waals surface area contributed by atoms with Crippen LogP contribution >= 0.6 is 0 Å². The predicted molar refractivity (Wildman–Crippen MR) is 62.5 cm³/mol. The van der Waals surface area contributed by atoms with Crippen molar-refractivity contribution < 1.29 is 9.53 Å². The van der Waals surface area contributed by atoms with Crippen molar-refractivity contribution >= 4 is 5.97 Å². The average molecular weight is 222 g/mol. The van der Waals surface area contributed by atoms with E-state index in [4.69, 9.17) is 4.74 Å². The third kappa shape index (κ3) is 3.98. The molecule has 0 aromatic carbocycles. The Morgan fingerprint density at radius 2 is 2.19 bits per heavy atom. The van der Waals surface area contributed by atoms with Gasteiger partial charge in [0.15, 0.2) is 0 Å². The highest BCUT2D eigenvalue weighted by molar-refractivity contribution is 5.87. The van der Waals surface area contributed by atoms with Gasteiger partial charge >= 0.3 is 5.97 Å². The average Bonchev–Trinajstić information content (AvgIpc) is 2.27. The Balaban J connectivity index is 2.67. The van der Waals surface area contributed by atoms with Crippen LogP contribution in [0.15, 0.2) is 18.2 Å². The van der Waals surface area contributed by atoms with E-state index in [1.54, 1.807) is 13.0 Å². The zero-order valence-corrected chi connectivity index (χ0v) is 10.1. The summed E-state index contributed by atoms with van der Waals surface area (Å²) in [5.41, 5.74) is 1.30. The molecule has 16 heavy (non-hydrogen) atoms. The first-order valence-corrected chi connectivity index (χ1v) is 5.41. The summed E-state index contributed by atoms with van der Waals surface area (Å²) in [7, 11) is 4.02. The van der Waals surface area contributed by atoms with Crippen LogP contribution in [0.25, 0.3) is 0 Å². The molecule has 0 amide bonds. The van der Waals surface area contributed by atoms with Gasteiger partial charge in [0.1, 0.15) is 5.69 Å². The van der Waals surface area contributed by atoms with Gasteiger partial charge in [-0.15, -0.1) is 0 Å². The van der Waals surface area contributed by atoms with Crippen LogP contribution < -0.4 is 0 Å². The normalized spacial score (nSPS) is 10.5. The molecule has 4 heteroatoms. The van der Waals surface area contributed by atoms with E-state index in [2.05, 4.69) is 9.88 Å². The number of ether oxygens (including phenoxy) is 1. The Kier molecular flexibility index (Phi) is 4.92. The summed E-state index contributed by atoms with van der Waals surface area (Å²) >= 11 is 0. The summed E-state index contributed by atoms with van der Waals surface area (Å²) in [5, 5.41) is 0. The van der Waals surface area contributed by atoms with E-state index in [1.165, 1.54) is 0 Å². The van der Waals surface area contributed by atoms with E-state index in [9.17, 15) is 4.79 Å². The van der Waals surface area contributed by atoms with Crippen LogP contribution in [0.3, 0.4) is 0 Å². The van der Waals surface area contributed by atoms with E-state index in [-0.39, 0.29) is 5.97 Å². The summed E-state index contributed by atoms with van der Waals surface area (Å²) in [6.45, 7) is 3.08. The van der Waals surface area contributed by atoms with Crippen molar-refractivity contribution in [1.29, 1.82) is 0 Å². The Morgan fingerprint density at radius 3 is 2.81 bits per heavy atom. The molecule has 1 heterocycles. The van der Waals surface area contributed by atoms with Gasteiger partial charge in [0.2, 0.25) is 0 Å². The number of aromatic nitrogens is 1. The number of likely N-dealkylation sites (N-methyl/N-ethyl adjacent to an activating group) is 1. The first-order valence-electron chi connectivity index (χ1n) is 5.41. The molecule has 88 valence electrons. The van der Waals surface area contributed by atoms with Gasteiger partial charge in [-0.25, -0.2) is 9.78 Å². The molecule has 0 unspecified atom stereocenters. The molecule has 0 fully saturated rings. The zero-order valence-electron chi connectivity index (χ0n) is 10.1. The van der Waals surface area contributed by atoms with Crippen molar-refractivity contribution in [3.8, 4) is 0 Å². The summed E-state index contributed by atoms with van der Waals surface area (Å²) in [6, 6.07) is 5.44. The van der Waals surface area contributed by atoms with Gasteiger partial charge in [-0.2, -0.15) is 0 Å². The molecule has 0 atom stereocenters. The summed E-state index contributed by atoms with van der Waals surface area (Å²) in [6.07, 6.45) is 0.834. The maximum atomic E-state index is 11.4. The Labute approximate surface area is 96.2 Å². The minimum Gasteiger partial charge on any atom is -0.461 e. The molecule has 0 saturated carbocycles. The molecule has 0 radical (unpaired) electrons. The van der Waals surface area contributed by atoms with E-state index < -0.39 is 0 Å². The Hall–Kier alpha value is -1.42. The maximum Gasteiger partial charge on any atom is 0.356 e. The number of carbonyl (C=O) groups is 1. The van der Waals surface area contributed by atoms with Crippen LogP contribution in [0, 0.1) is 0 Å². The lowest BCUT2D eigenvalue weighted by Gasteiger charge is -2.09. The quantitative estimate of drug-likeness (QED) is 0.705. The second-order valence-electron chi connectivity index (χ2n) is 3.79. The molecule has 0 saturated heterocycles.